The summed E-state index contributed by atoms with van der Waals surface area (Å²) in [7, 11) is 0. The smallest absolute Gasteiger partial charge is 0.221 e. The van der Waals surface area contributed by atoms with E-state index in [0.717, 1.165) is 41.7 Å². The van der Waals surface area contributed by atoms with Gasteiger partial charge >= 0.3 is 0 Å². The van der Waals surface area contributed by atoms with Crippen LogP contribution in [0.3, 0.4) is 0 Å². The van der Waals surface area contributed by atoms with Crippen molar-refractivity contribution in [3.05, 3.63) is 101 Å². The summed E-state index contributed by atoms with van der Waals surface area (Å²) in [5, 5.41) is 3.02. The van der Waals surface area contributed by atoms with E-state index in [-0.39, 0.29) is 11.7 Å². The number of hydrogen-bond donors (Lipinski definition) is 1. The van der Waals surface area contributed by atoms with E-state index in [4.69, 9.17) is 4.99 Å². The number of dihydropyridines is 1. The molecule has 1 aromatic rings. The molecule has 3 aliphatic heterocycles. The number of aliphatic imine (C=N–C) groups is 3. The lowest BCUT2D eigenvalue weighted by Crippen LogP contribution is -2.31. The summed E-state index contributed by atoms with van der Waals surface area (Å²) >= 11 is 0. The quantitative estimate of drug-likeness (QED) is 0.633. The standard InChI is InChI=1S/C28H25FN4O/c1-19(34)32-26-10-9-20-16-21(11-15-30-18-20)23(26)17-28-12-4-8-25(22-6-2-3-7-24(22)29)33-27(28)31-14-5-13-28/h2-3,5-11,13-15,18H,4,12,16-17H2,1H3,(H,32,34). The molecule has 2 bridgehead atoms. The van der Waals surface area contributed by atoms with E-state index >= 15 is 0 Å². The number of fused-ring (bicyclic) bond motifs is 3. The summed E-state index contributed by atoms with van der Waals surface area (Å²) < 4.78 is 14.6. The van der Waals surface area contributed by atoms with E-state index in [1.165, 1.54) is 13.0 Å². The number of amidine groups is 1. The Kier molecular flexibility index (Phi) is 5.88. The van der Waals surface area contributed by atoms with Crippen LogP contribution in [-0.2, 0) is 4.79 Å². The number of hydrogen-bond acceptors (Lipinski definition) is 4. The number of carbonyl (C=O) groups is 1. The van der Waals surface area contributed by atoms with Gasteiger partial charge < -0.3 is 5.32 Å². The third-order valence-corrected chi connectivity index (χ3v) is 6.42. The van der Waals surface area contributed by atoms with Crippen LogP contribution in [0.4, 0.5) is 4.39 Å². The maximum atomic E-state index is 14.6. The highest BCUT2D eigenvalue weighted by molar-refractivity contribution is 6.03. The van der Waals surface area contributed by atoms with Crippen LogP contribution in [0.15, 0.2) is 104 Å². The highest BCUT2D eigenvalue weighted by Crippen LogP contribution is 2.44. The van der Waals surface area contributed by atoms with E-state index in [9.17, 15) is 9.18 Å². The summed E-state index contributed by atoms with van der Waals surface area (Å²) in [5.41, 5.74) is 4.58. The van der Waals surface area contributed by atoms with Crippen molar-refractivity contribution in [2.24, 2.45) is 20.4 Å². The number of carbonyl (C=O) groups excluding carboxylic acids is 1. The van der Waals surface area contributed by atoms with Gasteiger partial charge in [0.15, 0.2) is 0 Å². The van der Waals surface area contributed by atoms with Crippen molar-refractivity contribution < 1.29 is 9.18 Å². The molecule has 170 valence electrons. The SMILES string of the molecule is CC(=O)NC1=C(CC23C=CC=NC2=NC(c2ccccc2F)=CCC3)C2=CC=NC=C(C=C1)C2. The van der Waals surface area contributed by atoms with Crippen molar-refractivity contribution in [3.63, 3.8) is 0 Å². The van der Waals surface area contributed by atoms with Crippen LogP contribution in [0.5, 0.6) is 0 Å². The molecule has 5 nitrogen and oxygen atoms in total. The van der Waals surface area contributed by atoms with Gasteiger partial charge in [0.05, 0.1) is 11.1 Å². The molecule has 1 N–H and O–H groups in total. The molecule has 1 aromatic carbocycles. The van der Waals surface area contributed by atoms with Crippen molar-refractivity contribution in [1.29, 1.82) is 0 Å². The number of benzene rings is 1. The van der Waals surface area contributed by atoms with Gasteiger partial charge in [-0.2, -0.15) is 0 Å². The zero-order chi connectivity index (χ0) is 23.5. The van der Waals surface area contributed by atoms with Gasteiger partial charge in [-0.15, -0.1) is 0 Å². The van der Waals surface area contributed by atoms with Gasteiger partial charge in [0, 0.05) is 36.8 Å². The van der Waals surface area contributed by atoms with E-state index in [2.05, 4.69) is 21.4 Å². The summed E-state index contributed by atoms with van der Waals surface area (Å²) in [4.78, 5) is 25.9. The van der Waals surface area contributed by atoms with Crippen molar-refractivity contribution in [1.82, 2.24) is 5.32 Å². The highest BCUT2D eigenvalue weighted by Gasteiger charge is 2.38. The second-order valence-electron chi connectivity index (χ2n) is 8.79. The maximum absolute atomic E-state index is 14.6. The van der Waals surface area contributed by atoms with Crippen LogP contribution < -0.4 is 5.32 Å². The van der Waals surface area contributed by atoms with E-state index in [0.29, 0.717) is 23.5 Å². The Morgan fingerprint density at radius 1 is 1.21 bits per heavy atom. The first-order valence-electron chi connectivity index (χ1n) is 11.4. The minimum atomic E-state index is -0.482. The molecule has 1 unspecified atom stereocenters. The fourth-order valence-corrected chi connectivity index (χ4v) is 4.77. The van der Waals surface area contributed by atoms with E-state index in [1.54, 1.807) is 24.6 Å². The molecule has 0 aromatic heterocycles. The fraction of sp³-hybridized carbons (Fsp3) is 0.214. The third-order valence-electron chi connectivity index (χ3n) is 6.42. The molecule has 6 heteroatoms. The fourth-order valence-electron chi connectivity index (χ4n) is 4.77. The van der Waals surface area contributed by atoms with Gasteiger partial charge in [0.2, 0.25) is 5.91 Å². The van der Waals surface area contributed by atoms with Crippen LogP contribution in [0.25, 0.3) is 5.70 Å². The van der Waals surface area contributed by atoms with Gasteiger partial charge in [-0.05, 0) is 72.8 Å². The average Bonchev–Trinajstić information content (AvgIpc) is 3.23. The molecule has 0 fully saturated rings. The lowest BCUT2D eigenvalue weighted by atomic mass is 9.73. The molecule has 1 aliphatic carbocycles. The van der Waals surface area contributed by atoms with Gasteiger partial charge in [-0.25, -0.2) is 14.4 Å². The molecule has 0 spiro atoms. The van der Waals surface area contributed by atoms with E-state index in [1.807, 2.05) is 42.6 Å². The first kappa shape index (κ1) is 21.9. The molecule has 34 heavy (non-hydrogen) atoms. The summed E-state index contributed by atoms with van der Waals surface area (Å²) in [6.45, 7) is 1.52. The van der Waals surface area contributed by atoms with Gasteiger partial charge in [0.25, 0.3) is 0 Å². The first-order chi connectivity index (χ1) is 16.5. The molecular formula is C28H25FN4O. The molecule has 4 aliphatic rings. The van der Waals surface area contributed by atoms with Crippen molar-refractivity contribution >= 4 is 29.9 Å². The minimum Gasteiger partial charge on any atom is -0.326 e. The monoisotopic (exact) mass is 452 g/mol. The zero-order valence-corrected chi connectivity index (χ0v) is 19.0. The normalized spacial score (nSPS) is 23.1. The largest absolute Gasteiger partial charge is 0.326 e. The first-order valence-corrected chi connectivity index (χ1v) is 11.4. The molecule has 0 radical (unpaired) electrons. The summed E-state index contributed by atoms with van der Waals surface area (Å²) in [5.74, 6) is 0.235. The topological polar surface area (TPSA) is 66.2 Å². The molecule has 1 amide bonds. The maximum Gasteiger partial charge on any atom is 0.221 e. The minimum absolute atomic E-state index is 0.123. The van der Waals surface area contributed by atoms with Crippen molar-refractivity contribution in [2.75, 3.05) is 0 Å². The Bertz CT molecular complexity index is 1320. The Balaban J connectivity index is 1.59. The molecule has 5 rings (SSSR count). The predicted octanol–water partition coefficient (Wildman–Crippen LogP) is 5.62. The van der Waals surface area contributed by atoms with Gasteiger partial charge in [-0.1, -0.05) is 30.4 Å². The number of nitrogens with one attached hydrogen (secondary N) is 1. The van der Waals surface area contributed by atoms with Crippen LogP contribution >= 0.6 is 0 Å². The second kappa shape index (κ2) is 9.14. The summed E-state index contributed by atoms with van der Waals surface area (Å²) in [6, 6.07) is 6.69. The van der Waals surface area contributed by atoms with Crippen LogP contribution in [0, 0.1) is 11.2 Å². The number of amides is 1. The van der Waals surface area contributed by atoms with Crippen molar-refractivity contribution in [3.8, 4) is 0 Å². The van der Waals surface area contributed by atoms with Gasteiger partial charge in [-0.3, -0.25) is 9.79 Å². The summed E-state index contributed by atoms with van der Waals surface area (Å²) in [6.07, 6.45) is 20.2. The predicted molar refractivity (Wildman–Crippen MR) is 135 cm³/mol. The Morgan fingerprint density at radius 3 is 2.94 bits per heavy atom. The number of rotatable bonds is 4. The molecule has 0 saturated heterocycles. The molecule has 1 atom stereocenters. The van der Waals surface area contributed by atoms with Crippen LogP contribution in [0.2, 0.25) is 0 Å². The lowest BCUT2D eigenvalue weighted by Gasteiger charge is -2.33. The highest BCUT2D eigenvalue weighted by atomic mass is 19.1. The van der Waals surface area contributed by atoms with Crippen molar-refractivity contribution in [2.45, 2.75) is 32.6 Å². The average molecular weight is 453 g/mol. The third kappa shape index (κ3) is 4.31. The van der Waals surface area contributed by atoms with Crippen LogP contribution in [-0.4, -0.2) is 24.2 Å². The van der Waals surface area contributed by atoms with Crippen LogP contribution in [0.1, 0.15) is 38.2 Å². The Hall–Kier alpha value is -3.93. The molecular weight excluding hydrogens is 427 g/mol. The Morgan fingerprint density at radius 2 is 2.09 bits per heavy atom. The van der Waals surface area contributed by atoms with E-state index < -0.39 is 5.41 Å². The number of allylic oxidation sites excluding steroid dienone is 8. The number of nitrogens with zero attached hydrogens (tertiary/aromatic N) is 3. The number of halogens is 1. The Labute approximate surface area is 198 Å². The zero-order valence-electron chi connectivity index (χ0n) is 19.0. The van der Waals surface area contributed by atoms with Gasteiger partial charge in [0.1, 0.15) is 11.7 Å². The second-order valence-corrected chi connectivity index (χ2v) is 8.79. The molecule has 3 heterocycles. The molecule has 0 saturated carbocycles. The lowest BCUT2D eigenvalue weighted by molar-refractivity contribution is -0.118.